The minimum Gasteiger partial charge on any atom is -0.480 e. The van der Waals surface area contributed by atoms with Crippen LogP contribution in [0, 0.1) is 5.41 Å². The third-order valence-corrected chi connectivity index (χ3v) is 2.73. The smallest absolute Gasteiger partial charge is 0.328 e. The Morgan fingerprint density at radius 2 is 1.89 bits per heavy atom. The fraction of sp³-hybridized carbons (Fsp3) is 0.462. The lowest BCUT2D eigenvalue weighted by Gasteiger charge is -2.32. The fourth-order valence-corrected chi connectivity index (χ4v) is 2.01. The number of aliphatic carboxylic acids is 1. The van der Waals surface area contributed by atoms with Gasteiger partial charge in [-0.05, 0) is 22.9 Å². The van der Waals surface area contributed by atoms with Gasteiger partial charge < -0.3 is 10.8 Å². The first-order chi connectivity index (χ1) is 8.69. The topological polar surface area (TPSA) is 112 Å². The van der Waals surface area contributed by atoms with Gasteiger partial charge in [0.2, 0.25) is 0 Å². The molecular weight excluding hydrogens is 244 g/mol. The quantitative estimate of drug-likeness (QED) is 0.493. The average Bonchev–Trinajstić information content (AvgIpc) is 2.27. The summed E-state index contributed by atoms with van der Waals surface area (Å²) in [5.41, 5.74) is 13.6. The van der Waals surface area contributed by atoms with Crippen molar-refractivity contribution in [1.29, 1.82) is 0 Å². The summed E-state index contributed by atoms with van der Waals surface area (Å²) in [5, 5.41) is 12.9. The molecule has 102 valence electrons. The van der Waals surface area contributed by atoms with E-state index in [0.717, 1.165) is 0 Å². The van der Waals surface area contributed by atoms with Crippen molar-refractivity contribution in [2.45, 2.75) is 32.7 Å². The maximum atomic E-state index is 11.5. The van der Waals surface area contributed by atoms with Crippen LogP contribution in [0.2, 0.25) is 0 Å². The molecule has 1 aromatic rings. The van der Waals surface area contributed by atoms with E-state index in [1.54, 1.807) is 24.3 Å². The number of rotatable bonds is 4. The van der Waals surface area contributed by atoms with E-state index >= 15 is 0 Å². The van der Waals surface area contributed by atoms with Crippen molar-refractivity contribution in [2.75, 3.05) is 0 Å². The standard InChI is InChI=1S/C13H18N4O2/c1-12(2,3)8-13(14,11(18)19)9-4-6-10(7-5-9)16-17-15/h4-7H,8,14H2,1-3H3,(H,18,19)/t13-/m1/s1. The molecule has 0 saturated carbocycles. The number of carboxylic acids is 1. The van der Waals surface area contributed by atoms with Gasteiger partial charge in [-0.1, -0.05) is 50.2 Å². The molecule has 6 nitrogen and oxygen atoms in total. The van der Waals surface area contributed by atoms with Crippen LogP contribution in [0.15, 0.2) is 29.4 Å². The molecule has 0 aliphatic rings. The van der Waals surface area contributed by atoms with Crippen LogP contribution in [0.5, 0.6) is 0 Å². The molecule has 3 N–H and O–H groups in total. The molecule has 6 heteroatoms. The molecule has 0 aliphatic heterocycles. The molecule has 0 aliphatic carbocycles. The Bertz CT molecular complexity index is 512. The first-order valence-electron chi connectivity index (χ1n) is 5.87. The third kappa shape index (κ3) is 3.71. The molecule has 0 fully saturated rings. The van der Waals surface area contributed by atoms with Gasteiger partial charge >= 0.3 is 5.97 Å². The first kappa shape index (κ1) is 15.0. The van der Waals surface area contributed by atoms with Crippen LogP contribution in [-0.4, -0.2) is 11.1 Å². The van der Waals surface area contributed by atoms with Crippen molar-refractivity contribution < 1.29 is 9.90 Å². The van der Waals surface area contributed by atoms with E-state index in [0.29, 0.717) is 17.7 Å². The maximum Gasteiger partial charge on any atom is 0.328 e. The van der Waals surface area contributed by atoms with E-state index in [9.17, 15) is 9.90 Å². The van der Waals surface area contributed by atoms with Crippen molar-refractivity contribution in [1.82, 2.24) is 0 Å². The molecule has 0 unspecified atom stereocenters. The van der Waals surface area contributed by atoms with Gasteiger partial charge in [-0.3, -0.25) is 0 Å². The largest absolute Gasteiger partial charge is 0.480 e. The number of hydrogen-bond acceptors (Lipinski definition) is 3. The minimum atomic E-state index is -1.45. The van der Waals surface area contributed by atoms with Crippen LogP contribution in [0.25, 0.3) is 10.4 Å². The number of carboxylic acid groups (broad SMARTS) is 1. The van der Waals surface area contributed by atoms with Gasteiger partial charge in [0.1, 0.15) is 5.54 Å². The van der Waals surface area contributed by atoms with Gasteiger partial charge in [0.15, 0.2) is 0 Å². The highest BCUT2D eigenvalue weighted by Gasteiger charge is 2.39. The number of nitrogens with zero attached hydrogens (tertiary/aromatic N) is 3. The van der Waals surface area contributed by atoms with E-state index < -0.39 is 11.5 Å². The van der Waals surface area contributed by atoms with Gasteiger partial charge in [0.05, 0.1) is 0 Å². The molecule has 1 atom stereocenters. The predicted octanol–water partition coefficient (Wildman–Crippen LogP) is 3.30. The highest BCUT2D eigenvalue weighted by atomic mass is 16.4. The molecule has 0 aromatic heterocycles. The summed E-state index contributed by atoms with van der Waals surface area (Å²) in [7, 11) is 0. The van der Waals surface area contributed by atoms with Crippen molar-refractivity contribution in [2.24, 2.45) is 16.3 Å². The molecule has 1 aromatic carbocycles. The summed E-state index contributed by atoms with van der Waals surface area (Å²) in [4.78, 5) is 14.2. The molecule has 19 heavy (non-hydrogen) atoms. The van der Waals surface area contributed by atoms with E-state index in [4.69, 9.17) is 11.3 Å². The van der Waals surface area contributed by atoms with Crippen LogP contribution in [0.1, 0.15) is 32.8 Å². The van der Waals surface area contributed by atoms with E-state index in [-0.39, 0.29) is 5.41 Å². The average molecular weight is 262 g/mol. The number of azide groups is 1. The fourth-order valence-electron chi connectivity index (χ4n) is 2.01. The second-order valence-electron chi connectivity index (χ2n) is 5.75. The lowest BCUT2D eigenvalue weighted by atomic mass is 9.76. The predicted molar refractivity (Wildman–Crippen MR) is 72.8 cm³/mol. The summed E-state index contributed by atoms with van der Waals surface area (Å²) in [5.74, 6) is -1.07. The Balaban J connectivity index is 3.19. The number of carbonyl (C=O) groups is 1. The lowest BCUT2D eigenvalue weighted by molar-refractivity contribution is -0.145. The highest BCUT2D eigenvalue weighted by molar-refractivity contribution is 5.80. The Morgan fingerprint density at radius 1 is 1.37 bits per heavy atom. The van der Waals surface area contributed by atoms with Gasteiger partial charge in [-0.15, -0.1) is 0 Å². The van der Waals surface area contributed by atoms with Crippen molar-refractivity contribution >= 4 is 11.7 Å². The van der Waals surface area contributed by atoms with E-state index in [1.807, 2.05) is 20.8 Å². The summed E-state index contributed by atoms with van der Waals surface area (Å²) >= 11 is 0. The van der Waals surface area contributed by atoms with E-state index in [1.165, 1.54) is 0 Å². The molecule has 0 bridgehead atoms. The van der Waals surface area contributed by atoms with Crippen LogP contribution < -0.4 is 5.73 Å². The monoisotopic (exact) mass is 262 g/mol. The summed E-state index contributed by atoms with van der Waals surface area (Å²) in [6.45, 7) is 5.81. The Kier molecular flexibility index (Phi) is 4.19. The Labute approximate surface area is 111 Å². The Morgan fingerprint density at radius 3 is 2.26 bits per heavy atom. The zero-order valence-corrected chi connectivity index (χ0v) is 11.3. The maximum absolute atomic E-state index is 11.5. The van der Waals surface area contributed by atoms with Gasteiger partial charge in [0.25, 0.3) is 0 Å². The van der Waals surface area contributed by atoms with Crippen molar-refractivity contribution in [3.05, 3.63) is 40.3 Å². The first-order valence-corrected chi connectivity index (χ1v) is 5.87. The lowest BCUT2D eigenvalue weighted by Crippen LogP contribution is -2.47. The Hall–Kier alpha value is -2.04. The summed E-state index contributed by atoms with van der Waals surface area (Å²) in [6, 6.07) is 6.29. The number of nitrogens with two attached hydrogens (primary N) is 1. The third-order valence-electron chi connectivity index (χ3n) is 2.73. The molecular formula is C13H18N4O2. The molecule has 0 amide bonds. The van der Waals surface area contributed by atoms with Crippen LogP contribution >= 0.6 is 0 Å². The normalized spacial score (nSPS) is 14.3. The molecule has 0 saturated heterocycles. The van der Waals surface area contributed by atoms with Crippen molar-refractivity contribution in [3.63, 3.8) is 0 Å². The SMILES string of the molecule is CC(C)(C)C[C@](N)(C(=O)O)c1ccc(N=[N+]=[N-])cc1. The van der Waals surface area contributed by atoms with Crippen LogP contribution in [0.3, 0.4) is 0 Å². The number of hydrogen-bond donors (Lipinski definition) is 2. The second kappa shape index (κ2) is 5.30. The molecule has 0 heterocycles. The van der Waals surface area contributed by atoms with Crippen molar-refractivity contribution in [3.8, 4) is 0 Å². The zero-order chi connectivity index (χ0) is 14.7. The molecule has 0 radical (unpaired) electrons. The van der Waals surface area contributed by atoms with Gasteiger partial charge in [-0.25, -0.2) is 4.79 Å². The van der Waals surface area contributed by atoms with E-state index in [2.05, 4.69) is 10.0 Å². The minimum absolute atomic E-state index is 0.226. The summed E-state index contributed by atoms with van der Waals surface area (Å²) < 4.78 is 0. The highest BCUT2D eigenvalue weighted by Crippen LogP contribution is 2.33. The van der Waals surface area contributed by atoms with Gasteiger partial charge in [-0.2, -0.15) is 0 Å². The molecule has 1 rings (SSSR count). The summed E-state index contributed by atoms with van der Waals surface area (Å²) in [6.07, 6.45) is 0.302. The van der Waals surface area contributed by atoms with Gasteiger partial charge in [0, 0.05) is 10.6 Å². The second-order valence-corrected chi connectivity index (χ2v) is 5.75. The molecule has 0 spiro atoms. The number of benzene rings is 1. The van der Waals surface area contributed by atoms with Crippen LogP contribution in [0.4, 0.5) is 5.69 Å². The zero-order valence-electron chi connectivity index (χ0n) is 11.3. The van der Waals surface area contributed by atoms with Crippen LogP contribution in [-0.2, 0) is 10.3 Å².